The molecule has 0 radical (unpaired) electrons. The fourth-order valence-corrected chi connectivity index (χ4v) is 4.12. The average molecular weight is 296 g/mol. The lowest BCUT2D eigenvalue weighted by Crippen LogP contribution is -2.30. The van der Waals surface area contributed by atoms with Gasteiger partial charge >= 0.3 is 0 Å². The van der Waals surface area contributed by atoms with Crippen molar-refractivity contribution in [1.29, 1.82) is 0 Å². The fraction of sp³-hybridized carbons (Fsp3) is 0.235. The number of aromatic amines is 1. The zero-order valence-corrected chi connectivity index (χ0v) is 12.4. The van der Waals surface area contributed by atoms with Crippen LogP contribution < -0.4 is 5.32 Å². The predicted molar refractivity (Wildman–Crippen MR) is 85.8 cm³/mol. The van der Waals surface area contributed by atoms with Crippen LogP contribution in [-0.4, -0.2) is 10.9 Å². The van der Waals surface area contributed by atoms with Crippen LogP contribution in [0.15, 0.2) is 41.9 Å². The molecule has 1 amide bonds. The van der Waals surface area contributed by atoms with Crippen LogP contribution >= 0.6 is 11.3 Å². The lowest BCUT2D eigenvalue weighted by atomic mass is 9.94. The molecule has 3 aromatic rings. The van der Waals surface area contributed by atoms with Crippen molar-refractivity contribution in [3.8, 4) is 0 Å². The van der Waals surface area contributed by atoms with E-state index in [1.807, 2.05) is 24.3 Å². The van der Waals surface area contributed by atoms with E-state index in [-0.39, 0.29) is 11.9 Å². The fourth-order valence-electron chi connectivity index (χ4n) is 3.13. The Morgan fingerprint density at radius 3 is 3.14 bits per heavy atom. The number of carbonyl (C=O) groups is 1. The number of rotatable bonds is 2. The highest BCUT2D eigenvalue weighted by Crippen LogP contribution is 2.33. The third kappa shape index (κ3) is 2.16. The largest absolute Gasteiger partial charge is 0.360 e. The monoisotopic (exact) mass is 296 g/mol. The highest BCUT2D eigenvalue weighted by atomic mass is 32.1. The van der Waals surface area contributed by atoms with Crippen LogP contribution in [0.4, 0.5) is 0 Å². The number of H-pyrrole nitrogens is 1. The Labute approximate surface area is 127 Å². The molecule has 0 aliphatic heterocycles. The van der Waals surface area contributed by atoms with E-state index in [1.54, 1.807) is 17.5 Å². The number of fused-ring (bicyclic) bond motifs is 2. The summed E-state index contributed by atoms with van der Waals surface area (Å²) in [6, 6.07) is 10.2. The number of aryl methyl sites for hydroxylation is 1. The second-order valence-electron chi connectivity index (χ2n) is 5.47. The second kappa shape index (κ2) is 5.04. The maximum Gasteiger partial charge on any atom is 0.253 e. The number of hydrogen-bond donors (Lipinski definition) is 2. The Kier molecular flexibility index (Phi) is 3.04. The van der Waals surface area contributed by atoms with Gasteiger partial charge in [0.05, 0.1) is 11.6 Å². The van der Waals surface area contributed by atoms with Crippen molar-refractivity contribution in [3.63, 3.8) is 0 Å². The number of hydrogen-bond acceptors (Lipinski definition) is 2. The summed E-state index contributed by atoms with van der Waals surface area (Å²) < 4.78 is 0. The molecule has 4 rings (SSSR count). The summed E-state index contributed by atoms with van der Waals surface area (Å²) in [6.07, 6.45) is 5.12. The van der Waals surface area contributed by atoms with E-state index < -0.39 is 0 Å². The molecular weight excluding hydrogens is 280 g/mol. The lowest BCUT2D eigenvalue weighted by Gasteiger charge is -2.23. The Morgan fingerprint density at radius 2 is 2.19 bits per heavy atom. The van der Waals surface area contributed by atoms with Gasteiger partial charge in [0.25, 0.3) is 5.91 Å². The molecule has 3 nitrogen and oxygen atoms in total. The van der Waals surface area contributed by atoms with Crippen LogP contribution in [0.2, 0.25) is 0 Å². The quantitative estimate of drug-likeness (QED) is 0.736. The Balaban J connectivity index is 1.62. The minimum Gasteiger partial charge on any atom is -0.360 e. The van der Waals surface area contributed by atoms with Gasteiger partial charge in [-0.1, -0.05) is 18.2 Å². The summed E-state index contributed by atoms with van der Waals surface area (Å²) in [5.41, 5.74) is 3.04. The number of para-hydroxylation sites is 1. The van der Waals surface area contributed by atoms with E-state index in [1.165, 1.54) is 10.4 Å². The first-order valence-corrected chi connectivity index (χ1v) is 8.14. The molecule has 2 heterocycles. The molecule has 1 aromatic carbocycles. The molecule has 1 aliphatic rings. The normalized spacial score (nSPS) is 17.6. The predicted octanol–water partition coefficient (Wildman–Crippen LogP) is 4.04. The van der Waals surface area contributed by atoms with Crippen LogP contribution in [-0.2, 0) is 6.42 Å². The van der Waals surface area contributed by atoms with E-state index in [4.69, 9.17) is 0 Å². The van der Waals surface area contributed by atoms with Gasteiger partial charge in [-0.05, 0) is 42.3 Å². The van der Waals surface area contributed by atoms with Crippen molar-refractivity contribution >= 4 is 28.1 Å². The van der Waals surface area contributed by atoms with Crippen LogP contribution in [0.25, 0.3) is 10.9 Å². The average Bonchev–Trinajstić information content (AvgIpc) is 3.14. The van der Waals surface area contributed by atoms with Crippen LogP contribution in [0, 0.1) is 0 Å². The summed E-state index contributed by atoms with van der Waals surface area (Å²) in [5, 5.41) is 6.31. The molecule has 1 unspecified atom stereocenters. The minimum absolute atomic E-state index is 0.0106. The second-order valence-corrected chi connectivity index (χ2v) is 6.47. The highest BCUT2D eigenvalue weighted by Gasteiger charge is 2.23. The van der Waals surface area contributed by atoms with Crippen LogP contribution in [0.1, 0.15) is 39.7 Å². The molecule has 0 fully saturated rings. The van der Waals surface area contributed by atoms with E-state index in [0.29, 0.717) is 0 Å². The molecule has 2 N–H and O–H groups in total. The molecule has 0 bridgehead atoms. The van der Waals surface area contributed by atoms with Gasteiger partial charge in [0.15, 0.2) is 0 Å². The van der Waals surface area contributed by atoms with E-state index in [2.05, 4.69) is 21.7 Å². The van der Waals surface area contributed by atoms with Crippen LogP contribution in [0.5, 0.6) is 0 Å². The number of nitrogens with one attached hydrogen (secondary N) is 2. The zero-order valence-electron chi connectivity index (χ0n) is 11.6. The number of amides is 1. The van der Waals surface area contributed by atoms with Crippen molar-refractivity contribution in [2.45, 2.75) is 25.3 Å². The Hall–Kier alpha value is -2.07. The molecular formula is C17H16N2OS. The summed E-state index contributed by atoms with van der Waals surface area (Å²) in [6.45, 7) is 0. The van der Waals surface area contributed by atoms with Crippen molar-refractivity contribution in [2.75, 3.05) is 0 Å². The third-order valence-corrected chi connectivity index (χ3v) is 5.19. The standard InChI is InChI=1S/C17H16N2OS/c20-17(13-10-18-14-5-2-1-4-11(13)14)19-15-6-3-7-16-12(15)8-9-21-16/h1-2,4-5,8-10,15,18H,3,6-7H2,(H,19,20). The number of carbonyl (C=O) groups excluding carboxylic acids is 1. The molecule has 0 spiro atoms. The van der Waals surface area contributed by atoms with Gasteiger partial charge in [0.1, 0.15) is 0 Å². The Bertz CT molecular complexity index is 802. The first-order chi connectivity index (χ1) is 10.3. The molecule has 1 atom stereocenters. The minimum atomic E-state index is 0.0106. The smallest absolute Gasteiger partial charge is 0.253 e. The first-order valence-electron chi connectivity index (χ1n) is 7.26. The van der Waals surface area contributed by atoms with Crippen molar-refractivity contribution in [2.24, 2.45) is 0 Å². The maximum atomic E-state index is 12.6. The summed E-state index contributed by atoms with van der Waals surface area (Å²) in [5.74, 6) is 0.0106. The molecule has 21 heavy (non-hydrogen) atoms. The Morgan fingerprint density at radius 1 is 1.29 bits per heavy atom. The molecule has 1 aliphatic carbocycles. The van der Waals surface area contributed by atoms with E-state index in [9.17, 15) is 4.79 Å². The number of thiophene rings is 1. The van der Waals surface area contributed by atoms with Gasteiger partial charge in [-0.3, -0.25) is 4.79 Å². The van der Waals surface area contributed by atoms with E-state index >= 15 is 0 Å². The molecule has 106 valence electrons. The first kappa shape index (κ1) is 12.7. The van der Waals surface area contributed by atoms with Gasteiger partial charge in [-0.2, -0.15) is 0 Å². The molecule has 0 saturated carbocycles. The number of benzene rings is 1. The van der Waals surface area contributed by atoms with Gasteiger partial charge in [0, 0.05) is 22.0 Å². The summed E-state index contributed by atoms with van der Waals surface area (Å²) in [4.78, 5) is 17.2. The van der Waals surface area contributed by atoms with E-state index in [0.717, 1.165) is 35.7 Å². The van der Waals surface area contributed by atoms with Crippen molar-refractivity contribution in [1.82, 2.24) is 10.3 Å². The SMILES string of the molecule is O=C(NC1CCCc2sccc21)c1c[nH]c2ccccc12. The zero-order chi connectivity index (χ0) is 14.2. The summed E-state index contributed by atoms with van der Waals surface area (Å²) >= 11 is 1.80. The van der Waals surface area contributed by atoms with Crippen LogP contribution in [0.3, 0.4) is 0 Å². The van der Waals surface area contributed by atoms with Gasteiger partial charge in [0.2, 0.25) is 0 Å². The van der Waals surface area contributed by atoms with Crippen molar-refractivity contribution < 1.29 is 4.79 Å². The highest BCUT2D eigenvalue weighted by molar-refractivity contribution is 7.10. The molecule has 4 heteroatoms. The molecule has 0 saturated heterocycles. The maximum absolute atomic E-state index is 12.6. The third-order valence-electron chi connectivity index (χ3n) is 4.19. The van der Waals surface area contributed by atoms with Crippen molar-refractivity contribution in [3.05, 3.63) is 57.9 Å². The van der Waals surface area contributed by atoms with Gasteiger partial charge in [-0.15, -0.1) is 11.3 Å². The summed E-state index contributed by atoms with van der Waals surface area (Å²) in [7, 11) is 0. The lowest BCUT2D eigenvalue weighted by molar-refractivity contribution is 0.0934. The number of aromatic nitrogens is 1. The molecule has 2 aromatic heterocycles. The van der Waals surface area contributed by atoms with Gasteiger partial charge < -0.3 is 10.3 Å². The van der Waals surface area contributed by atoms with Gasteiger partial charge in [-0.25, -0.2) is 0 Å². The topological polar surface area (TPSA) is 44.9 Å².